The lowest BCUT2D eigenvalue weighted by atomic mass is 10.2. The maximum Gasteiger partial charge on any atom is 0.322 e. The lowest BCUT2D eigenvalue weighted by Gasteiger charge is -2.25. The highest BCUT2D eigenvalue weighted by Crippen LogP contribution is 2.26. The van der Waals surface area contributed by atoms with Crippen molar-refractivity contribution < 1.29 is 19.1 Å². The number of carbonyl (C=O) groups excluding carboxylic acids is 2. The van der Waals surface area contributed by atoms with Crippen molar-refractivity contribution in [2.75, 3.05) is 31.6 Å². The first-order valence-corrected chi connectivity index (χ1v) is 9.37. The first kappa shape index (κ1) is 18.5. The third-order valence-corrected chi connectivity index (χ3v) is 4.77. The van der Waals surface area contributed by atoms with Crippen LogP contribution in [0.5, 0.6) is 5.75 Å². The highest BCUT2D eigenvalue weighted by atomic mass is 16.5. The second-order valence-electron chi connectivity index (χ2n) is 6.59. The van der Waals surface area contributed by atoms with Gasteiger partial charge in [0.1, 0.15) is 11.8 Å². The van der Waals surface area contributed by atoms with Gasteiger partial charge in [-0.05, 0) is 44.7 Å². The molecule has 0 saturated carbocycles. The number of hydrogen-bond acceptors (Lipinski definition) is 4. The van der Waals surface area contributed by atoms with E-state index < -0.39 is 6.04 Å². The molecule has 7 heteroatoms. The van der Waals surface area contributed by atoms with Gasteiger partial charge in [-0.3, -0.25) is 4.79 Å². The van der Waals surface area contributed by atoms with Crippen LogP contribution in [0.25, 0.3) is 0 Å². The number of amides is 3. The van der Waals surface area contributed by atoms with Crippen molar-refractivity contribution in [3.8, 4) is 5.75 Å². The van der Waals surface area contributed by atoms with Crippen LogP contribution >= 0.6 is 0 Å². The van der Waals surface area contributed by atoms with Crippen molar-refractivity contribution in [3.05, 3.63) is 24.3 Å². The number of hydrogen-bond donors (Lipinski definition) is 2. The fourth-order valence-corrected chi connectivity index (χ4v) is 3.46. The fraction of sp³-hybridized carbons (Fsp3) is 0.579. The minimum atomic E-state index is -0.435. The summed E-state index contributed by atoms with van der Waals surface area (Å²) in [6, 6.07) is 6.61. The summed E-state index contributed by atoms with van der Waals surface area (Å²) in [6.07, 6.45) is 3.61. The first-order chi connectivity index (χ1) is 12.7. The summed E-state index contributed by atoms with van der Waals surface area (Å²) in [6.45, 7) is 4.26. The Labute approximate surface area is 154 Å². The number of urea groups is 1. The number of anilines is 1. The molecule has 0 spiro atoms. The van der Waals surface area contributed by atoms with E-state index in [0.29, 0.717) is 37.6 Å². The standard InChI is InChI=1S/C19H27N3O4/c1-2-25-17-10-4-3-8-15(17)21-19(24)22-11-5-9-16(22)18(23)20-13-14-7-6-12-26-14/h3-4,8,10,14,16H,2,5-7,9,11-13H2,1H3,(H,20,23)(H,21,24)/t14-,16+/m1/s1. The van der Waals surface area contributed by atoms with E-state index in [1.165, 1.54) is 0 Å². The van der Waals surface area contributed by atoms with E-state index in [9.17, 15) is 9.59 Å². The Morgan fingerprint density at radius 2 is 2.12 bits per heavy atom. The summed E-state index contributed by atoms with van der Waals surface area (Å²) in [4.78, 5) is 26.8. The molecule has 2 aliphatic heterocycles. The van der Waals surface area contributed by atoms with Crippen molar-refractivity contribution in [2.24, 2.45) is 0 Å². The summed E-state index contributed by atoms with van der Waals surface area (Å²) in [5.74, 6) is 0.521. The number of nitrogens with one attached hydrogen (secondary N) is 2. The molecule has 1 aromatic rings. The normalized spacial score (nSPS) is 22.3. The summed E-state index contributed by atoms with van der Waals surface area (Å²) >= 11 is 0. The van der Waals surface area contributed by atoms with Gasteiger partial charge in [-0.1, -0.05) is 12.1 Å². The van der Waals surface area contributed by atoms with Crippen LogP contribution < -0.4 is 15.4 Å². The van der Waals surface area contributed by atoms with Crippen molar-refractivity contribution in [3.63, 3.8) is 0 Å². The van der Waals surface area contributed by atoms with Crippen LogP contribution in [0.2, 0.25) is 0 Å². The molecule has 2 aliphatic rings. The van der Waals surface area contributed by atoms with Crippen molar-refractivity contribution >= 4 is 17.6 Å². The molecule has 0 radical (unpaired) electrons. The van der Waals surface area contributed by atoms with E-state index in [-0.39, 0.29) is 18.0 Å². The minimum absolute atomic E-state index is 0.0979. The molecule has 2 heterocycles. The number of nitrogens with zero attached hydrogens (tertiary/aromatic N) is 1. The molecule has 0 aliphatic carbocycles. The number of rotatable bonds is 6. The van der Waals surface area contributed by atoms with Crippen LogP contribution in [-0.2, 0) is 9.53 Å². The predicted octanol–water partition coefficient (Wildman–Crippen LogP) is 2.38. The van der Waals surface area contributed by atoms with Gasteiger partial charge in [0.2, 0.25) is 5.91 Å². The second kappa shape index (κ2) is 8.89. The molecule has 2 atom stereocenters. The second-order valence-corrected chi connectivity index (χ2v) is 6.59. The molecule has 2 fully saturated rings. The summed E-state index contributed by atoms with van der Waals surface area (Å²) in [5.41, 5.74) is 0.616. The smallest absolute Gasteiger partial charge is 0.322 e. The lowest BCUT2D eigenvalue weighted by Crippen LogP contribution is -2.48. The molecule has 2 N–H and O–H groups in total. The van der Waals surface area contributed by atoms with Gasteiger partial charge in [0.25, 0.3) is 0 Å². The maximum atomic E-state index is 12.7. The molecule has 7 nitrogen and oxygen atoms in total. The Morgan fingerprint density at radius 1 is 1.27 bits per heavy atom. The highest BCUT2D eigenvalue weighted by Gasteiger charge is 2.34. The molecule has 2 saturated heterocycles. The van der Waals surface area contributed by atoms with Crippen LogP contribution in [0.15, 0.2) is 24.3 Å². The van der Waals surface area contributed by atoms with Gasteiger partial charge >= 0.3 is 6.03 Å². The molecule has 26 heavy (non-hydrogen) atoms. The number of benzene rings is 1. The molecule has 3 amide bonds. The van der Waals surface area contributed by atoms with Crippen LogP contribution in [0, 0.1) is 0 Å². The quantitative estimate of drug-likeness (QED) is 0.815. The SMILES string of the molecule is CCOc1ccccc1NC(=O)N1CCC[C@H]1C(=O)NC[C@H]1CCCO1. The van der Waals surface area contributed by atoms with Crippen LogP contribution in [-0.4, -0.2) is 55.3 Å². The van der Waals surface area contributed by atoms with E-state index in [0.717, 1.165) is 25.9 Å². The maximum absolute atomic E-state index is 12.7. The van der Waals surface area contributed by atoms with Crippen LogP contribution in [0.4, 0.5) is 10.5 Å². The summed E-state index contributed by atoms with van der Waals surface area (Å²) in [5, 5.41) is 5.81. The Bertz CT molecular complexity index is 631. The number of ether oxygens (including phenoxy) is 2. The zero-order chi connectivity index (χ0) is 18.4. The monoisotopic (exact) mass is 361 g/mol. The zero-order valence-electron chi connectivity index (χ0n) is 15.2. The Kier molecular flexibility index (Phi) is 6.33. The first-order valence-electron chi connectivity index (χ1n) is 9.37. The van der Waals surface area contributed by atoms with E-state index in [1.807, 2.05) is 25.1 Å². The van der Waals surface area contributed by atoms with Gasteiger partial charge in [-0.15, -0.1) is 0 Å². The Hall–Kier alpha value is -2.28. The largest absolute Gasteiger partial charge is 0.492 e. The highest BCUT2D eigenvalue weighted by molar-refractivity contribution is 5.95. The van der Waals surface area contributed by atoms with Crippen LogP contribution in [0.3, 0.4) is 0 Å². The number of carbonyl (C=O) groups is 2. The van der Waals surface area contributed by atoms with Gasteiger partial charge in [-0.2, -0.15) is 0 Å². The third-order valence-electron chi connectivity index (χ3n) is 4.77. The Balaban J connectivity index is 1.58. The van der Waals surface area contributed by atoms with Crippen molar-refractivity contribution in [1.29, 1.82) is 0 Å². The number of para-hydroxylation sites is 2. The topological polar surface area (TPSA) is 79.9 Å². The van der Waals surface area contributed by atoms with E-state index in [4.69, 9.17) is 9.47 Å². The van der Waals surface area contributed by atoms with E-state index in [2.05, 4.69) is 10.6 Å². The lowest BCUT2D eigenvalue weighted by molar-refractivity contribution is -0.125. The van der Waals surface area contributed by atoms with Gasteiger partial charge < -0.3 is 25.0 Å². The molecule has 0 bridgehead atoms. The molecule has 142 valence electrons. The Morgan fingerprint density at radius 3 is 2.88 bits per heavy atom. The average Bonchev–Trinajstić information content (AvgIpc) is 3.33. The summed E-state index contributed by atoms with van der Waals surface area (Å²) < 4.78 is 11.1. The van der Waals surface area contributed by atoms with Gasteiger partial charge in [-0.25, -0.2) is 4.79 Å². The number of likely N-dealkylation sites (tertiary alicyclic amines) is 1. The molecular formula is C19H27N3O4. The molecular weight excluding hydrogens is 334 g/mol. The van der Waals surface area contributed by atoms with E-state index in [1.54, 1.807) is 11.0 Å². The van der Waals surface area contributed by atoms with Gasteiger partial charge in [0.05, 0.1) is 18.4 Å². The molecule has 0 aromatic heterocycles. The summed E-state index contributed by atoms with van der Waals surface area (Å²) in [7, 11) is 0. The predicted molar refractivity (Wildman–Crippen MR) is 98.3 cm³/mol. The zero-order valence-corrected chi connectivity index (χ0v) is 15.2. The van der Waals surface area contributed by atoms with Crippen LogP contribution in [0.1, 0.15) is 32.6 Å². The van der Waals surface area contributed by atoms with Gasteiger partial charge in [0, 0.05) is 19.7 Å². The fourth-order valence-electron chi connectivity index (χ4n) is 3.46. The third kappa shape index (κ3) is 4.46. The van der Waals surface area contributed by atoms with Crippen molar-refractivity contribution in [1.82, 2.24) is 10.2 Å². The van der Waals surface area contributed by atoms with Crippen molar-refractivity contribution in [2.45, 2.75) is 44.8 Å². The molecule has 1 aromatic carbocycles. The van der Waals surface area contributed by atoms with E-state index >= 15 is 0 Å². The molecule has 3 rings (SSSR count). The minimum Gasteiger partial charge on any atom is -0.492 e. The molecule has 0 unspecified atom stereocenters. The van der Waals surface area contributed by atoms with Gasteiger partial charge in [0.15, 0.2) is 0 Å². The average molecular weight is 361 g/mol.